The third-order valence-corrected chi connectivity index (χ3v) is 5.30. The molecule has 3 atom stereocenters. The van der Waals surface area contributed by atoms with E-state index in [2.05, 4.69) is 32.9 Å². The van der Waals surface area contributed by atoms with Gasteiger partial charge in [0.1, 0.15) is 11.4 Å². The fourth-order valence-corrected chi connectivity index (χ4v) is 3.54. The summed E-state index contributed by atoms with van der Waals surface area (Å²) in [6, 6.07) is 0. The van der Waals surface area contributed by atoms with Gasteiger partial charge in [0.2, 0.25) is 0 Å². The monoisotopic (exact) mass is 350 g/mol. The van der Waals surface area contributed by atoms with Crippen LogP contribution in [0.2, 0.25) is 0 Å². The number of esters is 1. The summed E-state index contributed by atoms with van der Waals surface area (Å²) in [6.45, 7) is 8.50. The van der Waals surface area contributed by atoms with Gasteiger partial charge in [-0.2, -0.15) is 0 Å². The Morgan fingerprint density at radius 3 is 2.40 bits per heavy atom. The Bertz CT molecular complexity index is 441. The summed E-state index contributed by atoms with van der Waals surface area (Å²) >= 11 is 0. The number of allylic oxidation sites excluding steroid dienone is 1. The molecule has 0 saturated heterocycles. The van der Waals surface area contributed by atoms with Crippen LogP contribution in [-0.2, 0) is 14.3 Å². The zero-order valence-corrected chi connectivity index (χ0v) is 16.8. The number of ketones is 1. The lowest BCUT2D eigenvalue weighted by Gasteiger charge is -2.27. The van der Waals surface area contributed by atoms with E-state index in [1.807, 2.05) is 6.92 Å². The number of rotatable bonds is 12. The largest absolute Gasteiger partial charge is 0.455 e. The van der Waals surface area contributed by atoms with Gasteiger partial charge in [-0.1, -0.05) is 59.0 Å². The van der Waals surface area contributed by atoms with Gasteiger partial charge in [-0.15, -0.1) is 0 Å². The summed E-state index contributed by atoms with van der Waals surface area (Å²) in [4.78, 5) is 23.9. The number of hydrogen-bond acceptors (Lipinski definition) is 3. The lowest BCUT2D eigenvalue weighted by molar-refractivity contribution is -0.154. The molecule has 1 saturated carbocycles. The molecule has 3 nitrogen and oxygen atoms in total. The van der Waals surface area contributed by atoms with Gasteiger partial charge in [-0.25, -0.2) is 0 Å². The predicted molar refractivity (Wildman–Crippen MR) is 103 cm³/mol. The molecule has 1 aliphatic carbocycles. The Hall–Kier alpha value is -1.12. The van der Waals surface area contributed by atoms with Crippen molar-refractivity contribution in [2.75, 3.05) is 0 Å². The zero-order chi connectivity index (χ0) is 18.7. The van der Waals surface area contributed by atoms with Gasteiger partial charge in [0.05, 0.1) is 0 Å². The first-order valence-electron chi connectivity index (χ1n) is 10.3. The van der Waals surface area contributed by atoms with Crippen molar-refractivity contribution in [3.05, 3.63) is 12.2 Å². The molecular formula is C22H38O3. The molecule has 0 radical (unpaired) electrons. The van der Waals surface area contributed by atoms with Crippen molar-refractivity contribution >= 4 is 11.8 Å². The Labute approximate surface area is 154 Å². The molecule has 1 fully saturated rings. The zero-order valence-electron chi connectivity index (χ0n) is 16.8. The van der Waals surface area contributed by atoms with Crippen LogP contribution in [0.1, 0.15) is 98.3 Å². The lowest BCUT2D eigenvalue weighted by atomic mass is 9.92. The van der Waals surface area contributed by atoms with Crippen LogP contribution in [0.15, 0.2) is 12.2 Å². The molecular weight excluding hydrogens is 312 g/mol. The van der Waals surface area contributed by atoms with Crippen LogP contribution < -0.4 is 0 Å². The van der Waals surface area contributed by atoms with E-state index in [9.17, 15) is 9.59 Å². The molecule has 0 aromatic rings. The third kappa shape index (κ3) is 8.69. The van der Waals surface area contributed by atoms with E-state index in [1.54, 1.807) is 0 Å². The third-order valence-electron chi connectivity index (χ3n) is 5.30. The predicted octanol–water partition coefficient (Wildman–Crippen LogP) is 6.01. The summed E-state index contributed by atoms with van der Waals surface area (Å²) in [5.74, 6) is 0.952. The maximum absolute atomic E-state index is 12.3. The number of carbonyl (C=O) groups excluding carboxylic acids is 2. The summed E-state index contributed by atoms with van der Waals surface area (Å²) in [6.07, 6.45) is 14.6. The molecule has 0 heterocycles. The SMILES string of the molecule is CCCCCCC(=O)O[C@](C)(C=CC1CC(=O)CC1C)CCCCC. The highest BCUT2D eigenvalue weighted by atomic mass is 16.6. The topological polar surface area (TPSA) is 43.4 Å². The minimum absolute atomic E-state index is 0.0877. The molecule has 0 N–H and O–H groups in total. The standard InChI is InChI=1S/C22H38O3/c1-5-7-9-10-12-21(24)25-22(4,14-11-8-6-2)15-13-19-17-20(23)16-18(19)3/h13,15,18-19H,5-12,14,16-17H2,1-4H3/t18?,19?,22-/m0/s1. The van der Waals surface area contributed by atoms with Crippen molar-refractivity contribution in [1.29, 1.82) is 0 Å². The molecule has 0 spiro atoms. The molecule has 0 bridgehead atoms. The molecule has 1 aliphatic rings. The molecule has 0 aromatic carbocycles. The van der Waals surface area contributed by atoms with Crippen molar-refractivity contribution in [1.82, 2.24) is 0 Å². The van der Waals surface area contributed by atoms with Crippen LogP contribution in [0.4, 0.5) is 0 Å². The van der Waals surface area contributed by atoms with E-state index in [1.165, 1.54) is 12.8 Å². The highest BCUT2D eigenvalue weighted by molar-refractivity contribution is 5.81. The minimum atomic E-state index is -0.539. The van der Waals surface area contributed by atoms with Gasteiger partial charge in [-0.3, -0.25) is 9.59 Å². The van der Waals surface area contributed by atoms with Crippen LogP contribution in [0.25, 0.3) is 0 Å². The normalized spacial score (nSPS) is 23.1. The quantitative estimate of drug-likeness (QED) is 0.246. The summed E-state index contributed by atoms with van der Waals surface area (Å²) in [5, 5.41) is 0. The van der Waals surface area contributed by atoms with Crippen LogP contribution in [0.5, 0.6) is 0 Å². The molecule has 0 amide bonds. The number of ether oxygens (including phenoxy) is 1. The van der Waals surface area contributed by atoms with Gasteiger partial charge in [0, 0.05) is 19.3 Å². The molecule has 144 valence electrons. The van der Waals surface area contributed by atoms with E-state index < -0.39 is 5.60 Å². The maximum atomic E-state index is 12.3. The molecule has 2 unspecified atom stereocenters. The van der Waals surface area contributed by atoms with E-state index in [0.29, 0.717) is 36.9 Å². The van der Waals surface area contributed by atoms with E-state index in [4.69, 9.17) is 4.74 Å². The molecule has 0 aliphatic heterocycles. The van der Waals surface area contributed by atoms with Crippen molar-refractivity contribution in [2.24, 2.45) is 11.8 Å². The van der Waals surface area contributed by atoms with Crippen LogP contribution in [-0.4, -0.2) is 17.4 Å². The highest BCUT2D eigenvalue weighted by Crippen LogP contribution is 2.31. The number of unbranched alkanes of at least 4 members (excludes halogenated alkanes) is 5. The Balaban J connectivity index is 2.62. The number of carbonyl (C=O) groups is 2. The number of Topliss-reactive ketones (excluding diaryl/α,β-unsaturated/α-hetero) is 1. The van der Waals surface area contributed by atoms with Gasteiger partial charge >= 0.3 is 5.97 Å². The first-order valence-corrected chi connectivity index (χ1v) is 10.3. The average Bonchev–Trinajstić information content (AvgIpc) is 2.88. The van der Waals surface area contributed by atoms with Crippen molar-refractivity contribution < 1.29 is 14.3 Å². The lowest BCUT2D eigenvalue weighted by Crippen LogP contribution is -2.30. The molecule has 0 aromatic heterocycles. The van der Waals surface area contributed by atoms with Crippen LogP contribution in [0, 0.1) is 11.8 Å². The Kier molecular flexibility index (Phi) is 10.1. The fourth-order valence-electron chi connectivity index (χ4n) is 3.54. The number of hydrogen-bond donors (Lipinski definition) is 0. The fraction of sp³-hybridized carbons (Fsp3) is 0.818. The van der Waals surface area contributed by atoms with Gasteiger partial charge in [-0.05, 0) is 44.1 Å². The second kappa shape index (κ2) is 11.5. The van der Waals surface area contributed by atoms with Gasteiger partial charge in [0.15, 0.2) is 0 Å². The van der Waals surface area contributed by atoms with Crippen LogP contribution >= 0.6 is 0 Å². The van der Waals surface area contributed by atoms with Crippen molar-refractivity contribution in [3.63, 3.8) is 0 Å². The first kappa shape index (κ1) is 21.9. The van der Waals surface area contributed by atoms with Crippen LogP contribution in [0.3, 0.4) is 0 Å². The summed E-state index contributed by atoms with van der Waals surface area (Å²) in [7, 11) is 0. The maximum Gasteiger partial charge on any atom is 0.306 e. The molecule has 1 rings (SSSR count). The Morgan fingerprint density at radius 1 is 1.12 bits per heavy atom. The Morgan fingerprint density at radius 2 is 1.80 bits per heavy atom. The smallest absolute Gasteiger partial charge is 0.306 e. The molecule has 3 heteroatoms. The average molecular weight is 351 g/mol. The van der Waals surface area contributed by atoms with E-state index >= 15 is 0 Å². The first-order chi connectivity index (χ1) is 11.9. The van der Waals surface area contributed by atoms with Crippen molar-refractivity contribution in [2.45, 2.75) is 104 Å². The van der Waals surface area contributed by atoms with Gasteiger partial charge < -0.3 is 4.74 Å². The summed E-state index contributed by atoms with van der Waals surface area (Å²) in [5.41, 5.74) is -0.539. The minimum Gasteiger partial charge on any atom is -0.455 e. The van der Waals surface area contributed by atoms with Gasteiger partial charge in [0.25, 0.3) is 0 Å². The molecule has 25 heavy (non-hydrogen) atoms. The second-order valence-corrected chi connectivity index (χ2v) is 8.00. The van der Waals surface area contributed by atoms with E-state index in [0.717, 1.165) is 38.5 Å². The van der Waals surface area contributed by atoms with Crippen molar-refractivity contribution in [3.8, 4) is 0 Å². The van der Waals surface area contributed by atoms with E-state index in [-0.39, 0.29) is 5.97 Å². The summed E-state index contributed by atoms with van der Waals surface area (Å²) < 4.78 is 5.88. The second-order valence-electron chi connectivity index (χ2n) is 8.00. The highest BCUT2D eigenvalue weighted by Gasteiger charge is 2.30.